The van der Waals surface area contributed by atoms with Crippen LogP contribution in [0.1, 0.15) is 0 Å². The normalized spacial score (nSPS) is 10.9. The van der Waals surface area contributed by atoms with E-state index in [0.717, 1.165) is 0 Å². The van der Waals surface area contributed by atoms with E-state index in [2.05, 4.69) is 15.6 Å². The smallest absolute Gasteiger partial charge is 0.350 e. The molecule has 0 saturated heterocycles. The van der Waals surface area contributed by atoms with Crippen LogP contribution in [0.15, 0.2) is 5.10 Å². The third-order valence-corrected chi connectivity index (χ3v) is 0.626. The van der Waals surface area contributed by atoms with Crippen molar-refractivity contribution in [1.82, 2.24) is 5.48 Å². The summed E-state index contributed by atoms with van der Waals surface area (Å²) in [4.78, 5) is 16.2. The van der Waals surface area contributed by atoms with E-state index in [-0.39, 0.29) is 25.4 Å². The Labute approximate surface area is 71.1 Å². The van der Waals surface area contributed by atoms with Crippen molar-refractivity contribution >= 4 is 14.6 Å². The van der Waals surface area contributed by atoms with Gasteiger partial charge < -0.3 is 21.4 Å². The third-order valence-electron chi connectivity index (χ3n) is 0.371. The Morgan fingerprint density at radius 2 is 2.10 bits per heavy atom. The van der Waals surface area contributed by atoms with Crippen molar-refractivity contribution in [1.29, 1.82) is 0 Å². The van der Waals surface area contributed by atoms with Gasteiger partial charge in [-0.15, -0.1) is 5.10 Å². The molecule has 0 aliphatic rings. The predicted octanol–water partition coefficient (Wildman–Crippen LogP) is -2.10. The number of hydrogen-bond acceptors (Lipinski definition) is 5. The fraction of sp³-hybridized carbons (Fsp3) is 0. The van der Waals surface area contributed by atoms with E-state index >= 15 is 0 Å². The maximum atomic E-state index is 8.08. The fourth-order valence-electron chi connectivity index (χ4n) is 0.114. The Hall–Kier alpha value is 0.00338. The van der Waals surface area contributed by atoms with Gasteiger partial charge in [0.25, 0.3) is 0 Å². The van der Waals surface area contributed by atoms with Gasteiger partial charge >= 0.3 is 8.60 Å². The number of nitrogens with one attached hydrogen (secondary N) is 1. The average molecular weight is 219 g/mol. The molecule has 0 spiro atoms. The minimum absolute atomic E-state index is 0. The maximum absolute atomic E-state index is 8.08. The number of nitrogens with zero attached hydrogens (tertiary/aromatic N) is 1. The zero-order chi connectivity index (χ0) is 7.28. The Bertz CT molecular complexity index is 109. The Kier molecular flexibility index (Phi) is 9.01. The van der Waals surface area contributed by atoms with Gasteiger partial charge in [-0.3, -0.25) is 0 Å². The van der Waals surface area contributed by atoms with Crippen LogP contribution in [0.4, 0.5) is 0 Å². The van der Waals surface area contributed by atoms with Crippen molar-refractivity contribution in [2.75, 3.05) is 0 Å². The molecule has 0 fully saturated rings. The van der Waals surface area contributed by atoms with E-state index in [9.17, 15) is 0 Å². The van der Waals surface area contributed by atoms with E-state index in [1.807, 2.05) is 5.48 Å². The molecule has 0 aromatic rings. The van der Waals surface area contributed by atoms with Gasteiger partial charge in [0.15, 0.2) is 0 Å². The van der Waals surface area contributed by atoms with Crippen molar-refractivity contribution in [2.24, 2.45) is 16.7 Å². The molecule has 0 aliphatic carbocycles. The molecule has 0 amide bonds. The van der Waals surface area contributed by atoms with E-state index < -0.39 is 8.60 Å². The molecule has 7 nitrogen and oxygen atoms in total. The largest absolute Gasteiger partial charge is 0.367 e. The van der Waals surface area contributed by atoms with Gasteiger partial charge in [0.1, 0.15) is 0 Å². The molecular formula is CH7N4O3PZn. The standard InChI is InChI=1S/CH7N4O3P.Zn/c2-1(4-3)5-8-9(6)7;/h6-7H,3H2,(H3,2,4,5);. The first kappa shape index (κ1) is 12.7. The molecule has 0 aromatic heterocycles. The molecule has 10 heavy (non-hydrogen) atoms. The van der Waals surface area contributed by atoms with E-state index in [1.165, 1.54) is 0 Å². The van der Waals surface area contributed by atoms with Crippen LogP contribution in [0.3, 0.4) is 0 Å². The quantitative estimate of drug-likeness (QED) is 0.0905. The molecule has 0 atom stereocenters. The monoisotopic (exact) mass is 218 g/mol. The summed E-state index contributed by atoms with van der Waals surface area (Å²) >= 11 is 0. The summed E-state index contributed by atoms with van der Waals surface area (Å²) in [5, 5.41) is 2.91. The van der Waals surface area contributed by atoms with Gasteiger partial charge in [-0.05, 0) is 0 Å². The zero-order valence-corrected chi connectivity index (χ0v) is 8.92. The number of hydroxylamine groups is 1. The summed E-state index contributed by atoms with van der Waals surface area (Å²) in [6.45, 7) is 0. The second-order valence-corrected chi connectivity index (χ2v) is 1.65. The molecule has 56 valence electrons. The predicted molar refractivity (Wildman–Crippen MR) is 31.4 cm³/mol. The van der Waals surface area contributed by atoms with Crippen LogP contribution in [0.5, 0.6) is 0 Å². The minimum Gasteiger partial charge on any atom is -0.367 e. The molecule has 0 rings (SSSR count). The summed E-state index contributed by atoms with van der Waals surface area (Å²) in [5.74, 6) is 4.39. The molecule has 0 heterocycles. The molecule has 9 heteroatoms. The van der Waals surface area contributed by atoms with Crippen molar-refractivity contribution in [3.05, 3.63) is 0 Å². The SMILES string of the molecule is NN=C(N)NOP(O)O.[Zn]. The summed E-state index contributed by atoms with van der Waals surface area (Å²) in [7, 11) is -2.47. The second kappa shape index (κ2) is 7.11. The summed E-state index contributed by atoms with van der Waals surface area (Å²) in [5.41, 5.74) is 6.76. The van der Waals surface area contributed by atoms with Crippen molar-refractivity contribution in [3.8, 4) is 0 Å². The van der Waals surface area contributed by atoms with Gasteiger partial charge in [0, 0.05) is 19.5 Å². The van der Waals surface area contributed by atoms with Gasteiger partial charge in [0.2, 0.25) is 5.96 Å². The van der Waals surface area contributed by atoms with Crippen LogP contribution in [0.25, 0.3) is 0 Å². The number of hydrogen-bond donors (Lipinski definition) is 5. The van der Waals surface area contributed by atoms with Crippen LogP contribution in [-0.2, 0) is 24.1 Å². The topological polar surface area (TPSA) is 126 Å². The molecule has 0 unspecified atom stereocenters. The molecule has 0 aromatic carbocycles. The number of guanidine groups is 1. The summed E-state index contributed by atoms with van der Waals surface area (Å²) in [6.07, 6.45) is 0. The molecule has 7 N–H and O–H groups in total. The van der Waals surface area contributed by atoms with Crippen molar-refractivity contribution < 1.29 is 33.9 Å². The van der Waals surface area contributed by atoms with Crippen LogP contribution < -0.4 is 17.1 Å². The zero-order valence-electron chi connectivity index (χ0n) is 5.06. The molecule has 0 saturated carbocycles. The molecule has 0 bridgehead atoms. The summed E-state index contributed by atoms with van der Waals surface area (Å²) in [6, 6.07) is 0. The van der Waals surface area contributed by atoms with Crippen LogP contribution >= 0.6 is 8.60 Å². The average Bonchev–Trinajstić information content (AvgIpc) is 1.83. The molecule has 0 aliphatic heterocycles. The van der Waals surface area contributed by atoms with E-state index in [4.69, 9.17) is 15.5 Å². The first-order valence-electron chi connectivity index (χ1n) is 1.81. The van der Waals surface area contributed by atoms with Crippen LogP contribution in [0.2, 0.25) is 0 Å². The number of hydrazone groups is 1. The van der Waals surface area contributed by atoms with Crippen molar-refractivity contribution in [3.63, 3.8) is 0 Å². The van der Waals surface area contributed by atoms with Gasteiger partial charge in [-0.1, -0.05) is 0 Å². The first-order chi connectivity index (χ1) is 4.16. The van der Waals surface area contributed by atoms with Gasteiger partial charge in [-0.2, -0.15) is 4.62 Å². The molecular weight excluding hydrogens is 212 g/mol. The minimum atomic E-state index is -2.47. The second-order valence-electron chi connectivity index (χ2n) is 0.960. The van der Waals surface area contributed by atoms with E-state index in [0.29, 0.717) is 0 Å². The Balaban J connectivity index is 0. The van der Waals surface area contributed by atoms with Gasteiger partial charge in [-0.25, -0.2) is 5.48 Å². The Morgan fingerprint density at radius 3 is 2.40 bits per heavy atom. The van der Waals surface area contributed by atoms with Crippen molar-refractivity contribution in [2.45, 2.75) is 0 Å². The fourth-order valence-corrected chi connectivity index (χ4v) is 0.289. The number of nitrogens with two attached hydrogens (primary N) is 2. The number of rotatable bonds is 2. The first-order valence-corrected chi connectivity index (χ1v) is 2.97. The molecule has 0 radical (unpaired) electrons. The van der Waals surface area contributed by atoms with E-state index in [1.54, 1.807) is 0 Å². The van der Waals surface area contributed by atoms with Crippen LogP contribution in [-0.4, -0.2) is 15.7 Å². The third kappa shape index (κ3) is 8.00. The Morgan fingerprint density at radius 1 is 1.60 bits per heavy atom. The van der Waals surface area contributed by atoms with Gasteiger partial charge in [0.05, 0.1) is 0 Å². The van der Waals surface area contributed by atoms with Crippen LogP contribution in [0, 0.1) is 0 Å². The maximum Gasteiger partial charge on any atom is 0.350 e. The summed E-state index contributed by atoms with van der Waals surface area (Å²) < 4.78 is 3.98.